The lowest BCUT2D eigenvalue weighted by molar-refractivity contribution is 0.0994. The van der Waals surface area contributed by atoms with Crippen molar-refractivity contribution in [3.8, 4) is 11.5 Å². The van der Waals surface area contributed by atoms with Gasteiger partial charge < -0.3 is 8.83 Å². The van der Waals surface area contributed by atoms with Gasteiger partial charge in [0.1, 0.15) is 5.58 Å². The predicted octanol–water partition coefficient (Wildman–Crippen LogP) is 3.75. The molecule has 0 bridgehead atoms. The van der Waals surface area contributed by atoms with Crippen molar-refractivity contribution in [1.82, 2.24) is 10.2 Å². The maximum Gasteiger partial charge on any atom is 0.322 e. The van der Waals surface area contributed by atoms with Gasteiger partial charge in [-0.1, -0.05) is 41.0 Å². The van der Waals surface area contributed by atoms with Gasteiger partial charge >= 0.3 is 6.01 Å². The summed E-state index contributed by atoms with van der Waals surface area (Å²) >= 11 is 6.08. The Bertz CT molecular complexity index is 1180. The van der Waals surface area contributed by atoms with Gasteiger partial charge in [-0.15, -0.1) is 5.10 Å². The molecule has 0 radical (unpaired) electrons. The molecule has 4 rings (SSSR count). The third-order valence-corrected chi connectivity index (χ3v) is 3.94. The molecule has 2 heterocycles. The molecule has 2 aromatic carbocycles. The molecule has 1 N–H and O–H groups in total. The van der Waals surface area contributed by atoms with E-state index >= 15 is 0 Å². The maximum absolute atomic E-state index is 12.3. The predicted molar refractivity (Wildman–Crippen MR) is 95.2 cm³/mol. The lowest BCUT2D eigenvalue weighted by atomic mass is 10.2. The summed E-state index contributed by atoms with van der Waals surface area (Å²) < 4.78 is 10.9. The van der Waals surface area contributed by atoms with Crippen molar-refractivity contribution >= 4 is 34.5 Å². The van der Waals surface area contributed by atoms with Crippen molar-refractivity contribution in [2.75, 3.05) is 5.32 Å². The average molecular weight is 368 g/mol. The topological polar surface area (TPSA) is 98.2 Å². The van der Waals surface area contributed by atoms with Crippen LogP contribution < -0.4 is 10.7 Å². The SMILES string of the molecule is O=C(Nc1nnc(-c2ccccc2Cl)o1)c1cc(=O)c2ccccc2o1. The summed E-state index contributed by atoms with van der Waals surface area (Å²) in [7, 11) is 0. The number of anilines is 1. The first-order chi connectivity index (χ1) is 12.6. The number of nitrogens with one attached hydrogen (secondary N) is 1. The number of halogens is 1. The lowest BCUT2D eigenvalue weighted by Crippen LogP contribution is -2.15. The van der Waals surface area contributed by atoms with E-state index in [1.54, 1.807) is 48.5 Å². The van der Waals surface area contributed by atoms with Crippen LogP contribution in [0, 0.1) is 0 Å². The molecule has 0 aliphatic rings. The number of amides is 1. The quantitative estimate of drug-likeness (QED) is 0.592. The van der Waals surface area contributed by atoms with Gasteiger partial charge in [0.25, 0.3) is 11.8 Å². The smallest absolute Gasteiger partial charge is 0.322 e. The Hall–Kier alpha value is -3.45. The van der Waals surface area contributed by atoms with Crippen LogP contribution >= 0.6 is 11.6 Å². The molecule has 26 heavy (non-hydrogen) atoms. The van der Waals surface area contributed by atoms with Crippen molar-refractivity contribution in [1.29, 1.82) is 0 Å². The normalized spacial score (nSPS) is 10.8. The summed E-state index contributed by atoms with van der Waals surface area (Å²) in [5.41, 5.74) is 0.533. The van der Waals surface area contributed by atoms with Crippen LogP contribution in [-0.4, -0.2) is 16.1 Å². The minimum atomic E-state index is -0.679. The monoisotopic (exact) mass is 367 g/mol. The van der Waals surface area contributed by atoms with E-state index in [0.29, 0.717) is 21.6 Å². The second-order valence-corrected chi connectivity index (χ2v) is 5.72. The van der Waals surface area contributed by atoms with Crippen LogP contribution in [0.5, 0.6) is 0 Å². The van der Waals surface area contributed by atoms with E-state index in [2.05, 4.69) is 15.5 Å². The fourth-order valence-electron chi connectivity index (χ4n) is 2.39. The molecule has 0 unspecified atom stereocenters. The van der Waals surface area contributed by atoms with Crippen molar-refractivity contribution in [3.63, 3.8) is 0 Å². The van der Waals surface area contributed by atoms with Gasteiger partial charge in [0.05, 0.1) is 16.0 Å². The third kappa shape index (κ3) is 2.96. The first kappa shape index (κ1) is 16.0. The zero-order valence-corrected chi connectivity index (χ0v) is 13.9. The minimum Gasteiger partial charge on any atom is -0.451 e. The summed E-state index contributed by atoms with van der Waals surface area (Å²) in [5, 5.41) is 10.8. The van der Waals surface area contributed by atoms with E-state index in [-0.39, 0.29) is 23.1 Å². The Kier molecular flexibility index (Phi) is 3.98. The Morgan fingerprint density at radius 2 is 1.77 bits per heavy atom. The minimum absolute atomic E-state index is 0.138. The average Bonchev–Trinajstić information content (AvgIpc) is 3.10. The van der Waals surface area contributed by atoms with Gasteiger partial charge in [-0.3, -0.25) is 14.9 Å². The van der Waals surface area contributed by atoms with E-state index < -0.39 is 5.91 Å². The zero-order valence-electron chi connectivity index (χ0n) is 13.1. The van der Waals surface area contributed by atoms with Crippen molar-refractivity contribution in [3.05, 3.63) is 75.6 Å². The maximum atomic E-state index is 12.3. The Morgan fingerprint density at radius 1 is 1.00 bits per heavy atom. The molecule has 0 saturated heterocycles. The molecule has 0 aliphatic heterocycles. The zero-order chi connectivity index (χ0) is 18.1. The van der Waals surface area contributed by atoms with Crippen LogP contribution in [0.4, 0.5) is 6.01 Å². The van der Waals surface area contributed by atoms with Crippen LogP contribution in [0.15, 0.2) is 68.2 Å². The van der Waals surface area contributed by atoms with E-state index in [1.165, 1.54) is 0 Å². The number of carbonyl (C=O) groups excluding carboxylic acids is 1. The molecule has 1 amide bonds. The highest BCUT2D eigenvalue weighted by molar-refractivity contribution is 6.33. The van der Waals surface area contributed by atoms with Gasteiger partial charge in [-0.25, -0.2) is 0 Å². The van der Waals surface area contributed by atoms with E-state index in [4.69, 9.17) is 20.4 Å². The summed E-state index contributed by atoms with van der Waals surface area (Å²) in [6.45, 7) is 0. The van der Waals surface area contributed by atoms with Crippen LogP contribution in [0.1, 0.15) is 10.6 Å². The third-order valence-electron chi connectivity index (χ3n) is 3.61. The second kappa shape index (κ2) is 6.45. The largest absolute Gasteiger partial charge is 0.451 e. The number of para-hydroxylation sites is 1. The fraction of sp³-hybridized carbons (Fsp3) is 0. The number of fused-ring (bicyclic) bond motifs is 1. The standard InChI is InChI=1S/C18H10ClN3O4/c19-12-7-3-1-5-10(12)17-21-22-18(26-17)20-16(24)15-9-13(23)11-6-2-4-8-14(11)25-15/h1-9H,(H,20,22,24). The Balaban J connectivity index is 1.61. The van der Waals surface area contributed by atoms with Gasteiger partial charge in [0.2, 0.25) is 0 Å². The molecule has 0 spiro atoms. The number of benzene rings is 2. The van der Waals surface area contributed by atoms with E-state index in [1.807, 2.05) is 0 Å². The number of nitrogens with zero attached hydrogens (tertiary/aromatic N) is 2. The van der Waals surface area contributed by atoms with Gasteiger partial charge in [0.15, 0.2) is 11.2 Å². The highest BCUT2D eigenvalue weighted by Crippen LogP contribution is 2.27. The van der Waals surface area contributed by atoms with Crippen LogP contribution in [-0.2, 0) is 0 Å². The molecule has 4 aromatic rings. The number of hydrogen-bond donors (Lipinski definition) is 1. The molecule has 128 valence electrons. The second-order valence-electron chi connectivity index (χ2n) is 5.32. The van der Waals surface area contributed by atoms with E-state index in [0.717, 1.165) is 6.07 Å². The van der Waals surface area contributed by atoms with E-state index in [9.17, 15) is 9.59 Å². The number of rotatable bonds is 3. The van der Waals surface area contributed by atoms with Crippen LogP contribution in [0.2, 0.25) is 5.02 Å². The molecule has 2 aromatic heterocycles. The Morgan fingerprint density at radius 3 is 2.62 bits per heavy atom. The van der Waals surface area contributed by atoms with Gasteiger partial charge in [-0.2, -0.15) is 0 Å². The highest BCUT2D eigenvalue weighted by atomic mass is 35.5. The Labute approximate surface area is 151 Å². The number of hydrogen-bond acceptors (Lipinski definition) is 6. The molecular weight excluding hydrogens is 358 g/mol. The highest BCUT2D eigenvalue weighted by Gasteiger charge is 2.17. The number of carbonyl (C=O) groups is 1. The first-order valence-corrected chi connectivity index (χ1v) is 7.92. The lowest BCUT2D eigenvalue weighted by Gasteiger charge is -2.02. The van der Waals surface area contributed by atoms with Crippen molar-refractivity contribution < 1.29 is 13.6 Å². The molecule has 7 nitrogen and oxygen atoms in total. The van der Waals surface area contributed by atoms with Gasteiger partial charge in [0, 0.05) is 6.07 Å². The first-order valence-electron chi connectivity index (χ1n) is 7.54. The van der Waals surface area contributed by atoms with Crippen molar-refractivity contribution in [2.45, 2.75) is 0 Å². The molecule has 0 saturated carbocycles. The molecule has 8 heteroatoms. The summed E-state index contributed by atoms with van der Waals surface area (Å²) in [5.74, 6) is -0.681. The fourth-order valence-corrected chi connectivity index (χ4v) is 2.61. The summed E-state index contributed by atoms with van der Waals surface area (Å²) in [6.07, 6.45) is 0. The molecular formula is C18H10ClN3O4. The summed E-state index contributed by atoms with van der Waals surface area (Å²) in [4.78, 5) is 24.4. The molecule has 0 atom stereocenters. The van der Waals surface area contributed by atoms with Gasteiger partial charge in [-0.05, 0) is 24.3 Å². The van der Waals surface area contributed by atoms with Crippen molar-refractivity contribution in [2.24, 2.45) is 0 Å². The van der Waals surface area contributed by atoms with Crippen LogP contribution in [0.3, 0.4) is 0 Å². The van der Waals surface area contributed by atoms with Crippen LogP contribution in [0.25, 0.3) is 22.4 Å². The molecule has 0 fully saturated rings. The summed E-state index contributed by atoms with van der Waals surface area (Å²) in [6, 6.07) is 14.6. The number of aromatic nitrogens is 2. The molecule has 0 aliphatic carbocycles.